The fraction of sp³-hybridized carbons (Fsp3) is 0.500. The molecular formula is C14H20FN3O5S2. The average molecular weight is 393 g/mol. The monoisotopic (exact) mass is 393 g/mol. The van der Waals surface area contributed by atoms with Gasteiger partial charge in [0.1, 0.15) is 11.9 Å². The van der Waals surface area contributed by atoms with Gasteiger partial charge in [-0.3, -0.25) is 9.52 Å². The molecule has 25 heavy (non-hydrogen) atoms. The van der Waals surface area contributed by atoms with Gasteiger partial charge in [0.05, 0.1) is 18.2 Å². The zero-order valence-electron chi connectivity index (χ0n) is 13.8. The average Bonchev–Trinajstić information content (AvgIpc) is 2.48. The molecule has 0 bridgehead atoms. The van der Waals surface area contributed by atoms with Crippen molar-refractivity contribution in [3.8, 4) is 0 Å². The lowest BCUT2D eigenvalue weighted by Gasteiger charge is -2.32. The van der Waals surface area contributed by atoms with Gasteiger partial charge in [0.25, 0.3) is 0 Å². The fourth-order valence-corrected chi connectivity index (χ4v) is 4.35. The van der Waals surface area contributed by atoms with Crippen LogP contribution in [0, 0.1) is 5.82 Å². The summed E-state index contributed by atoms with van der Waals surface area (Å²) in [6, 6.07) is 2.58. The molecule has 1 saturated heterocycles. The first-order chi connectivity index (χ1) is 11.5. The van der Waals surface area contributed by atoms with Gasteiger partial charge < -0.3 is 5.32 Å². The number of halogens is 1. The summed E-state index contributed by atoms with van der Waals surface area (Å²) in [4.78, 5) is 12.5. The van der Waals surface area contributed by atoms with Crippen molar-refractivity contribution in [1.82, 2.24) is 4.31 Å². The van der Waals surface area contributed by atoms with Crippen molar-refractivity contribution in [2.45, 2.75) is 25.3 Å². The Morgan fingerprint density at radius 3 is 2.48 bits per heavy atom. The number of carbonyl (C=O) groups is 1. The van der Waals surface area contributed by atoms with Crippen LogP contribution in [0.1, 0.15) is 19.3 Å². The molecule has 0 spiro atoms. The number of rotatable bonds is 5. The van der Waals surface area contributed by atoms with Gasteiger partial charge >= 0.3 is 0 Å². The quantitative estimate of drug-likeness (QED) is 0.773. The Morgan fingerprint density at radius 2 is 1.88 bits per heavy atom. The van der Waals surface area contributed by atoms with Crippen LogP contribution in [-0.4, -0.2) is 52.1 Å². The normalized spacial score (nSPS) is 19.4. The first-order valence-electron chi connectivity index (χ1n) is 7.52. The molecule has 1 aliphatic rings. The van der Waals surface area contributed by atoms with Crippen LogP contribution in [0.4, 0.5) is 15.8 Å². The van der Waals surface area contributed by atoms with E-state index in [1.807, 2.05) is 4.72 Å². The highest BCUT2D eigenvalue weighted by Gasteiger charge is 2.34. The van der Waals surface area contributed by atoms with Crippen LogP contribution in [0.3, 0.4) is 0 Å². The van der Waals surface area contributed by atoms with Crippen molar-refractivity contribution in [2.24, 2.45) is 0 Å². The number of nitrogens with one attached hydrogen (secondary N) is 2. The zero-order valence-corrected chi connectivity index (χ0v) is 15.5. The van der Waals surface area contributed by atoms with Crippen LogP contribution >= 0.6 is 0 Å². The number of amides is 1. The fourth-order valence-electron chi connectivity index (χ4n) is 2.67. The molecule has 0 radical (unpaired) electrons. The summed E-state index contributed by atoms with van der Waals surface area (Å²) in [7, 11) is -7.21. The Labute approximate surface area is 146 Å². The predicted molar refractivity (Wildman–Crippen MR) is 92.7 cm³/mol. The minimum absolute atomic E-state index is 0.163. The minimum Gasteiger partial charge on any atom is -0.325 e. The lowest BCUT2D eigenvalue weighted by Crippen LogP contribution is -2.49. The Kier molecular flexibility index (Phi) is 5.69. The van der Waals surface area contributed by atoms with E-state index in [1.165, 1.54) is 6.07 Å². The van der Waals surface area contributed by atoms with E-state index >= 15 is 0 Å². The van der Waals surface area contributed by atoms with Crippen molar-refractivity contribution < 1.29 is 26.0 Å². The molecule has 2 rings (SSSR count). The summed E-state index contributed by atoms with van der Waals surface area (Å²) < 4.78 is 63.0. The summed E-state index contributed by atoms with van der Waals surface area (Å²) in [5, 5.41) is 2.52. The number of anilines is 2. The van der Waals surface area contributed by atoms with Crippen molar-refractivity contribution in [1.29, 1.82) is 0 Å². The maximum atomic E-state index is 13.7. The molecule has 0 saturated carbocycles. The van der Waals surface area contributed by atoms with Gasteiger partial charge in [-0.25, -0.2) is 21.2 Å². The van der Waals surface area contributed by atoms with Gasteiger partial charge in [0.2, 0.25) is 26.0 Å². The molecule has 1 unspecified atom stereocenters. The van der Waals surface area contributed by atoms with Gasteiger partial charge in [-0.2, -0.15) is 4.31 Å². The van der Waals surface area contributed by atoms with Gasteiger partial charge in [0.15, 0.2) is 0 Å². The number of piperidine rings is 1. The first-order valence-corrected chi connectivity index (χ1v) is 11.3. The molecular weight excluding hydrogens is 373 g/mol. The molecule has 1 amide bonds. The van der Waals surface area contributed by atoms with Crippen molar-refractivity contribution >= 4 is 37.3 Å². The van der Waals surface area contributed by atoms with E-state index in [2.05, 4.69) is 5.32 Å². The topological polar surface area (TPSA) is 113 Å². The molecule has 1 aromatic carbocycles. The maximum Gasteiger partial charge on any atom is 0.242 e. The van der Waals surface area contributed by atoms with Crippen LogP contribution in [0.2, 0.25) is 0 Å². The lowest BCUT2D eigenvalue weighted by molar-refractivity contribution is -0.120. The predicted octanol–water partition coefficient (Wildman–Crippen LogP) is 0.950. The standard InChI is InChI=1S/C14H20FN3O5S2/c1-24(20,21)17-12-9-10(6-7-11(12)15)16-14(19)13-5-3-4-8-18(13)25(2,22)23/h6-7,9,13,17H,3-5,8H2,1-2H3,(H,16,19). The van der Waals surface area contributed by atoms with E-state index in [1.54, 1.807) is 0 Å². The summed E-state index contributed by atoms with van der Waals surface area (Å²) in [5.74, 6) is -1.33. The Bertz CT molecular complexity index is 870. The summed E-state index contributed by atoms with van der Waals surface area (Å²) >= 11 is 0. The smallest absolute Gasteiger partial charge is 0.242 e. The summed E-state index contributed by atoms with van der Waals surface area (Å²) in [6.45, 7) is 0.265. The highest BCUT2D eigenvalue weighted by molar-refractivity contribution is 7.92. The van der Waals surface area contributed by atoms with Gasteiger partial charge in [-0.15, -0.1) is 0 Å². The second-order valence-corrected chi connectivity index (χ2v) is 9.63. The molecule has 140 valence electrons. The second-order valence-electron chi connectivity index (χ2n) is 5.94. The Balaban J connectivity index is 2.21. The molecule has 0 aromatic heterocycles. The zero-order chi connectivity index (χ0) is 18.8. The molecule has 1 heterocycles. The highest BCUT2D eigenvalue weighted by Crippen LogP contribution is 2.24. The van der Waals surface area contributed by atoms with Crippen molar-refractivity contribution in [2.75, 3.05) is 29.1 Å². The number of benzene rings is 1. The molecule has 2 N–H and O–H groups in total. The second kappa shape index (κ2) is 7.26. The Hall–Kier alpha value is -1.72. The SMILES string of the molecule is CS(=O)(=O)Nc1cc(NC(=O)C2CCCCN2S(C)(=O)=O)ccc1F. The van der Waals surface area contributed by atoms with Gasteiger partial charge in [-0.1, -0.05) is 6.42 Å². The van der Waals surface area contributed by atoms with Crippen LogP contribution in [0.5, 0.6) is 0 Å². The third kappa shape index (κ3) is 5.38. The molecule has 1 atom stereocenters. The van der Waals surface area contributed by atoms with E-state index in [4.69, 9.17) is 0 Å². The van der Waals surface area contributed by atoms with Gasteiger partial charge in [-0.05, 0) is 31.0 Å². The van der Waals surface area contributed by atoms with Crippen molar-refractivity contribution in [3.63, 3.8) is 0 Å². The van der Waals surface area contributed by atoms with Crippen LogP contribution in [-0.2, 0) is 24.8 Å². The van der Waals surface area contributed by atoms with Gasteiger partial charge in [0, 0.05) is 12.2 Å². The molecule has 1 fully saturated rings. The summed E-state index contributed by atoms with van der Waals surface area (Å²) in [5.41, 5.74) is -0.138. The lowest BCUT2D eigenvalue weighted by atomic mass is 10.0. The third-order valence-electron chi connectivity index (χ3n) is 3.71. The van der Waals surface area contributed by atoms with E-state index in [-0.39, 0.29) is 17.9 Å². The van der Waals surface area contributed by atoms with Crippen LogP contribution in [0.15, 0.2) is 18.2 Å². The highest BCUT2D eigenvalue weighted by atomic mass is 32.2. The number of sulfonamides is 2. The molecule has 1 aromatic rings. The van der Waals surface area contributed by atoms with Crippen molar-refractivity contribution in [3.05, 3.63) is 24.0 Å². The molecule has 11 heteroatoms. The summed E-state index contributed by atoms with van der Waals surface area (Å²) in [6.07, 6.45) is 3.70. The third-order valence-corrected chi connectivity index (χ3v) is 5.59. The van der Waals surface area contributed by atoms with E-state index in [0.717, 1.165) is 28.9 Å². The first kappa shape index (κ1) is 19.6. The largest absolute Gasteiger partial charge is 0.325 e. The number of carbonyl (C=O) groups excluding carboxylic acids is 1. The van der Waals surface area contributed by atoms with E-state index in [9.17, 15) is 26.0 Å². The van der Waals surface area contributed by atoms with E-state index < -0.39 is 37.8 Å². The Morgan fingerprint density at radius 1 is 1.20 bits per heavy atom. The van der Waals surface area contributed by atoms with Crippen LogP contribution in [0.25, 0.3) is 0 Å². The number of hydrogen-bond acceptors (Lipinski definition) is 5. The minimum atomic E-state index is -3.68. The molecule has 1 aliphatic heterocycles. The van der Waals surface area contributed by atoms with E-state index in [0.29, 0.717) is 19.3 Å². The molecule has 8 nitrogen and oxygen atoms in total. The number of hydrogen-bond donors (Lipinski definition) is 2. The number of nitrogens with zero attached hydrogens (tertiary/aromatic N) is 1. The maximum absolute atomic E-state index is 13.7. The van der Waals surface area contributed by atoms with Crippen LogP contribution < -0.4 is 10.0 Å². The molecule has 0 aliphatic carbocycles.